The molecule has 0 radical (unpaired) electrons. The Labute approximate surface area is 280 Å². The second kappa shape index (κ2) is 15.5. The summed E-state index contributed by atoms with van der Waals surface area (Å²) < 4.78 is 24.9. The van der Waals surface area contributed by atoms with E-state index in [1.807, 2.05) is 36.4 Å². The zero-order valence-corrected chi connectivity index (χ0v) is 26.9. The highest BCUT2D eigenvalue weighted by Crippen LogP contribution is 2.34. The van der Waals surface area contributed by atoms with Gasteiger partial charge in [0.05, 0.1) is 19.5 Å². The number of benzene rings is 2. The molecule has 17 heteroatoms. The van der Waals surface area contributed by atoms with Crippen LogP contribution in [-0.4, -0.2) is 100 Å². The predicted octanol–water partition coefficient (Wildman–Crippen LogP) is 3.07. The van der Waals surface area contributed by atoms with E-state index in [0.717, 1.165) is 49.7 Å². The number of rotatable bonds is 13. The second-order valence-corrected chi connectivity index (χ2v) is 11.6. The number of imidazole rings is 1. The van der Waals surface area contributed by atoms with Crippen LogP contribution in [0.4, 0.5) is 5.82 Å². The number of halogens is 1. The molecule has 0 aliphatic carbocycles. The van der Waals surface area contributed by atoms with Crippen molar-refractivity contribution in [2.45, 2.75) is 37.6 Å². The minimum Gasteiger partial charge on any atom is -0.492 e. The molecule has 3 N–H and O–H groups in total. The first-order valence-electron chi connectivity index (χ1n) is 15.4. The summed E-state index contributed by atoms with van der Waals surface area (Å²) in [4.78, 5) is 30.6. The number of likely N-dealkylation sites (N-methyl/N-ethyl adjacent to an activating group) is 1. The normalized spacial score (nSPS) is 21.1. The van der Waals surface area contributed by atoms with Crippen LogP contribution in [0, 0.1) is 0 Å². The minimum atomic E-state index is -1.33. The van der Waals surface area contributed by atoms with Crippen LogP contribution in [0.5, 0.6) is 11.5 Å². The van der Waals surface area contributed by atoms with Gasteiger partial charge in [-0.2, -0.15) is 0 Å². The highest BCUT2D eigenvalue weighted by Gasteiger charge is 2.48. The van der Waals surface area contributed by atoms with Crippen molar-refractivity contribution in [3.8, 4) is 11.5 Å². The summed E-state index contributed by atoms with van der Waals surface area (Å²) in [5.74, 6) is 1.29. The summed E-state index contributed by atoms with van der Waals surface area (Å²) in [6, 6.07) is 12.1. The van der Waals surface area contributed by atoms with Crippen LogP contribution in [0.1, 0.15) is 17.4 Å². The Morgan fingerprint density at radius 2 is 2.04 bits per heavy atom. The SMILES string of the molecule is CNC(=O)[C@H]1O[C@@H](n2cnc3c(NCc4cc(Cl)ccc4OCc4cccc(OCCN5CCOCC5)c4)ncnc32)[C@H](O)[C@@H]1N=[N+]=[N-]. The van der Waals surface area contributed by atoms with Gasteiger partial charge in [0.2, 0.25) is 5.91 Å². The van der Waals surface area contributed by atoms with Crippen LogP contribution in [0.3, 0.4) is 0 Å². The summed E-state index contributed by atoms with van der Waals surface area (Å²) in [5, 5.41) is 20.8. The van der Waals surface area contributed by atoms with Gasteiger partial charge in [0.15, 0.2) is 23.2 Å². The molecular formula is C31H35ClN10O6. The molecule has 2 saturated heterocycles. The molecule has 16 nitrogen and oxygen atoms in total. The zero-order valence-electron chi connectivity index (χ0n) is 26.1. The fourth-order valence-corrected chi connectivity index (χ4v) is 5.81. The van der Waals surface area contributed by atoms with Crippen molar-refractivity contribution in [2.75, 3.05) is 51.8 Å². The van der Waals surface area contributed by atoms with Crippen molar-refractivity contribution < 1.29 is 28.8 Å². The number of amides is 1. The van der Waals surface area contributed by atoms with Crippen molar-refractivity contribution >= 4 is 34.5 Å². The first-order valence-corrected chi connectivity index (χ1v) is 15.8. The predicted molar refractivity (Wildman–Crippen MR) is 175 cm³/mol. The van der Waals surface area contributed by atoms with Crippen molar-refractivity contribution in [3.63, 3.8) is 0 Å². The van der Waals surface area contributed by atoms with Gasteiger partial charge >= 0.3 is 0 Å². The molecule has 0 bridgehead atoms. The summed E-state index contributed by atoms with van der Waals surface area (Å²) >= 11 is 6.36. The Kier molecular flexibility index (Phi) is 10.7. The van der Waals surface area contributed by atoms with Crippen LogP contribution < -0.4 is 20.1 Å². The molecule has 0 saturated carbocycles. The van der Waals surface area contributed by atoms with Gasteiger partial charge in [0.25, 0.3) is 0 Å². The number of fused-ring (bicyclic) bond motifs is 1. The molecule has 4 heterocycles. The standard InChI is InChI=1S/C31H35ClN10O6/c1-34-30(44)27-24(39-40-33)26(43)31(48-27)42-18-38-25-28(36-17-37-29(25)42)35-15-20-14-21(32)5-6-23(20)47-16-19-3-2-4-22(13-19)46-12-9-41-7-10-45-11-8-41/h2-6,13-14,17-18,24,26-27,31,43H,7-12,15-16H2,1H3,(H,34,44)(H,35,36,37)/t24-,26+,27-,31+/m0/s1. The molecule has 6 rings (SSSR count). The number of aliphatic hydroxyl groups is 1. The quantitative estimate of drug-likeness (QED) is 0.107. The molecule has 2 aliphatic heterocycles. The van der Waals surface area contributed by atoms with E-state index in [1.165, 1.54) is 24.3 Å². The van der Waals surface area contributed by atoms with Crippen molar-refractivity contribution in [1.82, 2.24) is 29.7 Å². The molecule has 1 amide bonds. The number of ether oxygens (including phenoxy) is 4. The third-order valence-electron chi connectivity index (χ3n) is 8.10. The van der Waals surface area contributed by atoms with E-state index in [2.05, 4.69) is 40.5 Å². The molecule has 4 atom stereocenters. The Bertz CT molecular complexity index is 1780. The molecular weight excluding hydrogens is 644 g/mol. The lowest BCUT2D eigenvalue weighted by atomic mass is 10.1. The number of hydrogen-bond acceptors (Lipinski definition) is 12. The lowest BCUT2D eigenvalue weighted by Gasteiger charge is -2.26. The molecule has 4 aromatic rings. The average molecular weight is 679 g/mol. The van der Waals surface area contributed by atoms with Gasteiger partial charge in [-0.05, 0) is 41.4 Å². The first-order chi connectivity index (χ1) is 23.4. The number of aliphatic hydroxyl groups excluding tert-OH is 1. The van der Waals surface area contributed by atoms with Crippen LogP contribution in [-0.2, 0) is 27.4 Å². The fraction of sp³-hybridized carbons (Fsp3) is 0.419. The zero-order chi connectivity index (χ0) is 33.5. The Balaban J connectivity index is 1.12. The number of nitrogens with zero attached hydrogens (tertiary/aromatic N) is 8. The molecule has 2 fully saturated rings. The number of morpholine rings is 1. The van der Waals surface area contributed by atoms with Gasteiger partial charge in [-0.15, -0.1) is 0 Å². The molecule has 48 heavy (non-hydrogen) atoms. The average Bonchev–Trinajstić information content (AvgIpc) is 3.68. The Morgan fingerprint density at radius 3 is 2.85 bits per heavy atom. The third-order valence-corrected chi connectivity index (χ3v) is 8.34. The number of nitrogens with one attached hydrogen (secondary N) is 2. The second-order valence-electron chi connectivity index (χ2n) is 11.1. The van der Waals surface area contributed by atoms with Gasteiger partial charge in [0, 0.05) is 48.7 Å². The summed E-state index contributed by atoms with van der Waals surface area (Å²) in [7, 11) is 1.43. The maximum Gasteiger partial charge on any atom is 0.249 e. The van der Waals surface area contributed by atoms with E-state index in [9.17, 15) is 9.90 Å². The topological polar surface area (TPSA) is 194 Å². The summed E-state index contributed by atoms with van der Waals surface area (Å²) in [5.41, 5.74) is 11.5. The lowest BCUT2D eigenvalue weighted by molar-refractivity contribution is -0.134. The van der Waals surface area contributed by atoms with Crippen molar-refractivity contribution in [3.05, 3.63) is 81.7 Å². The van der Waals surface area contributed by atoms with Crippen LogP contribution >= 0.6 is 11.6 Å². The molecule has 0 spiro atoms. The van der Waals surface area contributed by atoms with Crippen LogP contribution in [0.25, 0.3) is 21.6 Å². The maximum atomic E-state index is 12.4. The van der Waals surface area contributed by atoms with Gasteiger partial charge in [0.1, 0.15) is 49.3 Å². The molecule has 2 aliphatic rings. The molecule has 0 unspecified atom stereocenters. The smallest absolute Gasteiger partial charge is 0.249 e. The number of azide groups is 1. The number of carbonyl (C=O) groups excluding carboxylic acids is 1. The third kappa shape index (κ3) is 7.54. The lowest BCUT2D eigenvalue weighted by Crippen LogP contribution is -2.40. The van der Waals surface area contributed by atoms with Gasteiger partial charge in [-0.3, -0.25) is 14.3 Å². The van der Waals surface area contributed by atoms with E-state index in [1.54, 1.807) is 6.07 Å². The Hall–Kier alpha value is -4.70. The number of anilines is 1. The number of carbonyl (C=O) groups is 1. The van der Waals surface area contributed by atoms with E-state index in [-0.39, 0.29) is 0 Å². The van der Waals surface area contributed by atoms with E-state index in [0.29, 0.717) is 47.5 Å². The van der Waals surface area contributed by atoms with Gasteiger partial charge < -0.3 is 34.7 Å². The monoisotopic (exact) mass is 678 g/mol. The molecule has 2 aromatic heterocycles. The minimum absolute atomic E-state index is 0.291. The molecule has 252 valence electrons. The van der Waals surface area contributed by atoms with Crippen LogP contribution in [0.15, 0.2) is 60.2 Å². The van der Waals surface area contributed by atoms with E-state index >= 15 is 0 Å². The van der Waals surface area contributed by atoms with Crippen LogP contribution in [0.2, 0.25) is 5.02 Å². The largest absolute Gasteiger partial charge is 0.492 e. The highest BCUT2D eigenvalue weighted by molar-refractivity contribution is 6.30. The summed E-state index contributed by atoms with van der Waals surface area (Å²) in [6.45, 7) is 5.39. The first kappa shape index (κ1) is 33.2. The summed E-state index contributed by atoms with van der Waals surface area (Å²) in [6.07, 6.45) is -0.847. The van der Waals surface area contributed by atoms with Crippen molar-refractivity contribution in [2.24, 2.45) is 5.11 Å². The molecule has 2 aromatic carbocycles. The van der Waals surface area contributed by atoms with E-state index < -0.39 is 30.4 Å². The highest BCUT2D eigenvalue weighted by atomic mass is 35.5. The Morgan fingerprint density at radius 1 is 1.19 bits per heavy atom. The number of hydrogen-bond donors (Lipinski definition) is 3. The van der Waals surface area contributed by atoms with E-state index in [4.69, 9.17) is 36.1 Å². The van der Waals surface area contributed by atoms with Gasteiger partial charge in [-0.25, -0.2) is 15.0 Å². The van der Waals surface area contributed by atoms with Gasteiger partial charge in [-0.1, -0.05) is 28.8 Å². The number of aromatic nitrogens is 4. The maximum absolute atomic E-state index is 12.4. The van der Waals surface area contributed by atoms with Crippen molar-refractivity contribution in [1.29, 1.82) is 0 Å². The fourth-order valence-electron chi connectivity index (χ4n) is 5.61.